The van der Waals surface area contributed by atoms with E-state index in [0.29, 0.717) is 6.61 Å². The summed E-state index contributed by atoms with van der Waals surface area (Å²) in [5.41, 5.74) is 1.32. The number of benzene rings is 1. The van der Waals surface area contributed by atoms with Crippen LogP contribution in [0.2, 0.25) is 0 Å². The van der Waals surface area contributed by atoms with Crippen LogP contribution in [-0.2, 0) is 11.3 Å². The molecule has 2 aliphatic rings. The van der Waals surface area contributed by atoms with Crippen molar-refractivity contribution in [3.63, 3.8) is 0 Å². The van der Waals surface area contributed by atoms with E-state index in [1.165, 1.54) is 5.56 Å². The second kappa shape index (κ2) is 9.17. The minimum atomic E-state index is -0.159. The highest BCUT2D eigenvalue weighted by Crippen LogP contribution is 2.09. The van der Waals surface area contributed by atoms with Gasteiger partial charge < -0.3 is 14.5 Å². The van der Waals surface area contributed by atoms with Crippen molar-refractivity contribution in [2.45, 2.75) is 6.54 Å². The quantitative estimate of drug-likeness (QED) is 0.801. The first kappa shape index (κ1) is 18.2. The Kier molecular flexibility index (Phi) is 6.67. The molecule has 1 aromatic carbocycles. The fourth-order valence-electron chi connectivity index (χ4n) is 3.35. The first-order valence-electron chi connectivity index (χ1n) is 9.29. The van der Waals surface area contributed by atoms with Crippen LogP contribution < -0.4 is 0 Å². The number of nitrogens with zero attached hydrogens (tertiary/aromatic N) is 4. The van der Waals surface area contributed by atoms with Crippen LogP contribution in [0.3, 0.4) is 0 Å². The van der Waals surface area contributed by atoms with Gasteiger partial charge in [-0.2, -0.15) is 0 Å². The smallest absolute Gasteiger partial charge is 0.409 e. The van der Waals surface area contributed by atoms with E-state index in [9.17, 15) is 4.79 Å². The van der Waals surface area contributed by atoms with Gasteiger partial charge in [0.2, 0.25) is 0 Å². The highest BCUT2D eigenvalue weighted by Gasteiger charge is 2.22. The van der Waals surface area contributed by atoms with Gasteiger partial charge in [0.05, 0.1) is 0 Å². The van der Waals surface area contributed by atoms with E-state index in [2.05, 4.69) is 46.0 Å². The van der Waals surface area contributed by atoms with Crippen molar-refractivity contribution >= 4 is 6.09 Å². The van der Waals surface area contributed by atoms with Crippen LogP contribution in [0.4, 0.5) is 4.79 Å². The van der Waals surface area contributed by atoms with E-state index in [1.54, 1.807) is 0 Å². The summed E-state index contributed by atoms with van der Waals surface area (Å²) >= 11 is 0. The maximum absolute atomic E-state index is 12.2. The molecule has 0 radical (unpaired) electrons. The molecule has 3 rings (SSSR count). The lowest BCUT2D eigenvalue weighted by molar-refractivity contribution is 0.0614. The summed E-state index contributed by atoms with van der Waals surface area (Å²) in [7, 11) is 2.15. The summed E-state index contributed by atoms with van der Waals surface area (Å²) in [6.45, 7) is 9.91. The van der Waals surface area contributed by atoms with Gasteiger partial charge >= 0.3 is 6.09 Å². The first-order chi connectivity index (χ1) is 12.2. The highest BCUT2D eigenvalue weighted by molar-refractivity contribution is 5.67. The molecule has 0 saturated carbocycles. The third-order valence-electron chi connectivity index (χ3n) is 5.11. The van der Waals surface area contributed by atoms with Crippen molar-refractivity contribution in [3.8, 4) is 0 Å². The Morgan fingerprint density at radius 3 is 2.24 bits per heavy atom. The fraction of sp³-hybridized carbons (Fsp3) is 0.632. The van der Waals surface area contributed by atoms with Gasteiger partial charge in [-0.05, 0) is 12.6 Å². The summed E-state index contributed by atoms with van der Waals surface area (Å²) in [5, 5.41) is 0. The third-order valence-corrected chi connectivity index (χ3v) is 5.11. The number of rotatable bonds is 5. The molecule has 6 heteroatoms. The zero-order chi connectivity index (χ0) is 17.5. The summed E-state index contributed by atoms with van der Waals surface area (Å²) in [6, 6.07) is 10.5. The first-order valence-corrected chi connectivity index (χ1v) is 9.29. The Hall–Kier alpha value is -1.63. The van der Waals surface area contributed by atoms with Crippen molar-refractivity contribution in [1.82, 2.24) is 19.6 Å². The van der Waals surface area contributed by atoms with Crippen LogP contribution in [0.1, 0.15) is 5.56 Å². The largest absolute Gasteiger partial charge is 0.448 e. The van der Waals surface area contributed by atoms with Gasteiger partial charge in [-0.1, -0.05) is 30.3 Å². The maximum atomic E-state index is 12.2. The van der Waals surface area contributed by atoms with Crippen LogP contribution >= 0.6 is 0 Å². The van der Waals surface area contributed by atoms with Crippen LogP contribution in [0.25, 0.3) is 0 Å². The van der Waals surface area contributed by atoms with Crippen molar-refractivity contribution in [2.75, 3.05) is 72.6 Å². The lowest BCUT2D eigenvalue weighted by atomic mass is 10.2. The molecule has 0 unspecified atom stereocenters. The van der Waals surface area contributed by atoms with E-state index in [-0.39, 0.29) is 6.09 Å². The van der Waals surface area contributed by atoms with Crippen molar-refractivity contribution in [2.24, 2.45) is 0 Å². The number of likely N-dealkylation sites (N-methyl/N-ethyl adjacent to an activating group) is 1. The molecule has 138 valence electrons. The van der Waals surface area contributed by atoms with Gasteiger partial charge in [0.1, 0.15) is 6.61 Å². The molecule has 2 saturated heterocycles. The number of hydrogen-bond acceptors (Lipinski definition) is 5. The molecule has 2 aliphatic heterocycles. The van der Waals surface area contributed by atoms with Crippen molar-refractivity contribution in [3.05, 3.63) is 35.9 Å². The van der Waals surface area contributed by atoms with E-state index in [4.69, 9.17) is 4.74 Å². The number of carbonyl (C=O) groups excluding carboxylic acids is 1. The molecule has 1 amide bonds. The van der Waals surface area contributed by atoms with Crippen molar-refractivity contribution < 1.29 is 9.53 Å². The third kappa shape index (κ3) is 5.70. The lowest BCUT2D eigenvalue weighted by Gasteiger charge is -2.34. The van der Waals surface area contributed by atoms with Crippen LogP contribution in [-0.4, -0.2) is 98.3 Å². The molecule has 2 heterocycles. The fourth-order valence-corrected chi connectivity index (χ4v) is 3.35. The Bertz CT molecular complexity index is 523. The molecule has 0 spiro atoms. The molecule has 1 aromatic rings. The molecule has 0 atom stereocenters. The average molecular weight is 346 g/mol. The molecule has 25 heavy (non-hydrogen) atoms. The SMILES string of the molecule is CN1CCN(CCOC(=O)N2CCN(Cc3ccccc3)CC2)CC1. The average Bonchev–Trinajstić information content (AvgIpc) is 2.65. The van der Waals surface area contributed by atoms with Crippen LogP contribution in [0, 0.1) is 0 Å². The summed E-state index contributed by atoms with van der Waals surface area (Å²) in [5.74, 6) is 0. The molecule has 0 aliphatic carbocycles. The second-order valence-corrected chi connectivity index (χ2v) is 7.01. The Morgan fingerprint density at radius 1 is 0.920 bits per heavy atom. The second-order valence-electron chi connectivity index (χ2n) is 7.01. The monoisotopic (exact) mass is 346 g/mol. The standard InChI is InChI=1S/C19H30N4O2/c1-20-7-9-21(10-8-20)15-16-25-19(24)23-13-11-22(12-14-23)17-18-5-3-2-4-6-18/h2-6H,7-17H2,1H3. The zero-order valence-electron chi connectivity index (χ0n) is 15.3. The molecule has 6 nitrogen and oxygen atoms in total. The molecule has 0 N–H and O–H groups in total. The predicted octanol–water partition coefficient (Wildman–Crippen LogP) is 1.19. The Balaban J connectivity index is 1.31. The maximum Gasteiger partial charge on any atom is 0.409 e. The molecular formula is C19H30N4O2. The minimum absolute atomic E-state index is 0.159. The predicted molar refractivity (Wildman–Crippen MR) is 98.6 cm³/mol. The zero-order valence-corrected chi connectivity index (χ0v) is 15.3. The molecule has 0 bridgehead atoms. The topological polar surface area (TPSA) is 39.3 Å². The minimum Gasteiger partial charge on any atom is -0.448 e. The molecule has 2 fully saturated rings. The van der Waals surface area contributed by atoms with Crippen LogP contribution in [0.5, 0.6) is 0 Å². The molecular weight excluding hydrogens is 316 g/mol. The highest BCUT2D eigenvalue weighted by atomic mass is 16.6. The van der Waals surface area contributed by atoms with Gasteiger partial charge in [0.15, 0.2) is 0 Å². The van der Waals surface area contributed by atoms with Gasteiger partial charge in [0, 0.05) is 65.4 Å². The normalized spacial score (nSPS) is 20.6. The number of amides is 1. The van der Waals surface area contributed by atoms with Gasteiger partial charge in [-0.25, -0.2) is 4.79 Å². The molecule has 0 aromatic heterocycles. The Labute approximate surface area is 150 Å². The summed E-state index contributed by atoms with van der Waals surface area (Å²) in [4.78, 5) is 21.1. The van der Waals surface area contributed by atoms with E-state index < -0.39 is 0 Å². The number of piperazine rings is 2. The van der Waals surface area contributed by atoms with Gasteiger partial charge in [-0.3, -0.25) is 9.80 Å². The van der Waals surface area contributed by atoms with Gasteiger partial charge in [-0.15, -0.1) is 0 Å². The van der Waals surface area contributed by atoms with Crippen molar-refractivity contribution in [1.29, 1.82) is 0 Å². The van der Waals surface area contributed by atoms with Gasteiger partial charge in [0.25, 0.3) is 0 Å². The van der Waals surface area contributed by atoms with E-state index in [0.717, 1.165) is 65.4 Å². The Morgan fingerprint density at radius 2 is 1.56 bits per heavy atom. The number of hydrogen-bond donors (Lipinski definition) is 0. The lowest BCUT2D eigenvalue weighted by Crippen LogP contribution is -2.49. The summed E-state index contributed by atoms with van der Waals surface area (Å²) in [6.07, 6.45) is -0.159. The number of ether oxygens (including phenoxy) is 1. The van der Waals surface area contributed by atoms with Crippen LogP contribution in [0.15, 0.2) is 30.3 Å². The van der Waals surface area contributed by atoms with E-state index in [1.807, 2.05) is 11.0 Å². The number of carbonyl (C=O) groups is 1. The summed E-state index contributed by atoms with van der Waals surface area (Å²) < 4.78 is 5.48. The van der Waals surface area contributed by atoms with E-state index >= 15 is 0 Å².